The van der Waals surface area contributed by atoms with Crippen LogP contribution in [0.2, 0.25) is 0 Å². The van der Waals surface area contributed by atoms with Crippen LogP contribution in [0, 0.1) is 0 Å². The number of nitrogens with one attached hydrogen (secondary N) is 2. The van der Waals surface area contributed by atoms with E-state index in [0.717, 1.165) is 32.1 Å². The van der Waals surface area contributed by atoms with Crippen molar-refractivity contribution in [2.75, 3.05) is 19.7 Å². The summed E-state index contributed by atoms with van der Waals surface area (Å²) >= 11 is 0. The highest BCUT2D eigenvalue weighted by Crippen LogP contribution is 2.26. The maximum atomic E-state index is 14.5. The molecule has 2 rings (SSSR count). The Morgan fingerprint density at radius 2 is 1.43 bits per heavy atom. The SMILES string of the molecule is CCCCCCCCN(C(=O)C(Cc1ccc(O)cc1)NC(=O)OC(C)(C)C)C(C(=O)NCCC(=O)OCC)c1ccc(O)cc1. The summed E-state index contributed by atoms with van der Waals surface area (Å²) < 4.78 is 10.5. The highest BCUT2D eigenvalue weighted by atomic mass is 16.6. The van der Waals surface area contributed by atoms with Crippen molar-refractivity contribution in [2.45, 2.75) is 104 Å². The number of alkyl carbamates (subject to hydrolysis) is 1. The average Bonchev–Trinajstić information content (AvgIpc) is 2.98. The van der Waals surface area contributed by atoms with Crippen LogP contribution in [0.25, 0.3) is 0 Å². The topological polar surface area (TPSA) is 154 Å². The molecule has 0 heterocycles. The summed E-state index contributed by atoms with van der Waals surface area (Å²) in [6.07, 6.45) is 4.91. The fourth-order valence-corrected chi connectivity index (χ4v) is 4.89. The Bertz CT molecular complexity index is 1240. The highest BCUT2D eigenvalue weighted by Gasteiger charge is 2.36. The molecule has 11 heteroatoms. The summed E-state index contributed by atoms with van der Waals surface area (Å²) in [6.45, 7) is 9.41. The van der Waals surface area contributed by atoms with E-state index in [4.69, 9.17) is 9.47 Å². The van der Waals surface area contributed by atoms with Crippen LogP contribution in [0.4, 0.5) is 4.79 Å². The van der Waals surface area contributed by atoms with Crippen molar-refractivity contribution < 1.29 is 38.9 Å². The lowest BCUT2D eigenvalue weighted by atomic mass is 9.99. The molecule has 0 bridgehead atoms. The third-order valence-corrected chi connectivity index (χ3v) is 7.10. The molecule has 0 saturated heterocycles. The molecule has 46 heavy (non-hydrogen) atoms. The summed E-state index contributed by atoms with van der Waals surface area (Å²) in [5, 5.41) is 25.3. The van der Waals surface area contributed by atoms with Crippen LogP contribution in [0.5, 0.6) is 11.5 Å². The van der Waals surface area contributed by atoms with E-state index in [1.807, 2.05) is 0 Å². The molecule has 0 aliphatic rings. The Balaban J connectivity index is 2.50. The molecule has 254 valence electrons. The molecule has 0 aromatic heterocycles. The van der Waals surface area contributed by atoms with E-state index in [1.54, 1.807) is 52.0 Å². The maximum Gasteiger partial charge on any atom is 0.408 e. The second kappa shape index (κ2) is 19.3. The molecule has 0 aliphatic heterocycles. The van der Waals surface area contributed by atoms with Crippen molar-refractivity contribution >= 4 is 23.9 Å². The van der Waals surface area contributed by atoms with E-state index < -0.39 is 41.6 Å². The number of hydrogen-bond acceptors (Lipinski definition) is 8. The van der Waals surface area contributed by atoms with Crippen LogP contribution in [0.1, 0.15) is 96.7 Å². The zero-order valence-corrected chi connectivity index (χ0v) is 27.8. The van der Waals surface area contributed by atoms with Gasteiger partial charge in [0.25, 0.3) is 0 Å². The van der Waals surface area contributed by atoms with Crippen molar-refractivity contribution in [3.63, 3.8) is 0 Å². The van der Waals surface area contributed by atoms with Gasteiger partial charge in [-0.15, -0.1) is 0 Å². The van der Waals surface area contributed by atoms with E-state index in [9.17, 15) is 29.4 Å². The lowest BCUT2D eigenvalue weighted by molar-refractivity contribution is -0.144. The number of unbranched alkanes of at least 4 members (excludes halogenated alkanes) is 5. The summed E-state index contributed by atoms with van der Waals surface area (Å²) in [6, 6.07) is 10.1. The molecular formula is C35H51N3O8. The smallest absolute Gasteiger partial charge is 0.408 e. The van der Waals surface area contributed by atoms with Crippen molar-refractivity contribution in [2.24, 2.45) is 0 Å². The van der Waals surface area contributed by atoms with Crippen LogP contribution in [-0.4, -0.2) is 70.3 Å². The van der Waals surface area contributed by atoms with Crippen molar-refractivity contribution in [3.8, 4) is 11.5 Å². The second-order valence-corrected chi connectivity index (χ2v) is 12.2. The molecule has 0 fully saturated rings. The first-order chi connectivity index (χ1) is 21.8. The van der Waals surface area contributed by atoms with Gasteiger partial charge in [0, 0.05) is 19.5 Å². The number of hydrogen-bond donors (Lipinski definition) is 4. The largest absolute Gasteiger partial charge is 0.508 e. The Morgan fingerprint density at radius 3 is 2.02 bits per heavy atom. The van der Waals surface area contributed by atoms with Gasteiger partial charge in [-0.3, -0.25) is 14.4 Å². The van der Waals surface area contributed by atoms with Gasteiger partial charge in [-0.1, -0.05) is 63.3 Å². The zero-order chi connectivity index (χ0) is 34.1. The van der Waals surface area contributed by atoms with Crippen molar-refractivity contribution in [1.82, 2.24) is 15.5 Å². The minimum Gasteiger partial charge on any atom is -0.508 e. The number of carbonyl (C=O) groups is 4. The van der Waals surface area contributed by atoms with Gasteiger partial charge >= 0.3 is 12.1 Å². The molecule has 2 aromatic rings. The first-order valence-electron chi connectivity index (χ1n) is 16.1. The number of nitrogens with zero attached hydrogens (tertiary/aromatic N) is 1. The van der Waals surface area contributed by atoms with Gasteiger partial charge in [0.05, 0.1) is 13.0 Å². The van der Waals surface area contributed by atoms with Gasteiger partial charge in [-0.25, -0.2) is 4.79 Å². The molecule has 0 aliphatic carbocycles. The standard InChI is InChI=1S/C35H51N3O8/c1-6-8-9-10-11-12-23-38(31(26-15-19-28(40)20-16-26)32(42)36-22-21-30(41)45-7-2)33(43)29(37-34(44)46-35(3,4)5)24-25-13-17-27(39)18-14-25/h13-20,29,31,39-40H,6-12,21-24H2,1-5H3,(H,36,42)(H,37,44). The van der Waals surface area contributed by atoms with Crippen molar-refractivity contribution in [1.29, 1.82) is 0 Å². The predicted molar refractivity (Wildman–Crippen MR) is 175 cm³/mol. The average molecular weight is 642 g/mol. The Hall–Kier alpha value is -4.28. The number of rotatable bonds is 18. The Kier molecular flexibility index (Phi) is 15.9. The number of phenolic OH excluding ortho intramolecular Hbond substituents is 2. The second-order valence-electron chi connectivity index (χ2n) is 12.2. The monoisotopic (exact) mass is 641 g/mol. The van der Waals surface area contributed by atoms with Gasteiger partial charge in [-0.2, -0.15) is 0 Å². The number of aromatic hydroxyl groups is 2. The van der Waals surface area contributed by atoms with E-state index >= 15 is 0 Å². The molecule has 0 radical (unpaired) electrons. The molecular weight excluding hydrogens is 590 g/mol. The minimum absolute atomic E-state index is 0.00159. The lowest BCUT2D eigenvalue weighted by Crippen LogP contribution is -2.54. The highest BCUT2D eigenvalue weighted by molar-refractivity contribution is 5.92. The maximum absolute atomic E-state index is 14.5. The van der Waals surface area contributed by atoms with Gasteiger partial charge < -0.3 is 35.2 Å². The third kappa shape index (κ3) is 13.8. The molecule has 0 spiro atoms. The van der Waals surface area contributed by atoms with Gasteiger partial charge in [0.2, 0.25) is 11.8 Å². The van der Waals surface area contributed by atoms with Crippen LogP contribution < -0.4 is 10.6 Å². The third-order valence-electron chi connectivity index (χ3n) is 7.10. The molecule has 11 nitrogen and oxygen atoms in total. The molecule has 3 amide bonds. The minimum atomic E-state index is -1.13. The molecule has 2 unspecified atom stereocenters. The van der Waals surface area contributed by atoms with Crippen LogP contribution in [0.3, 0.4) is 0 Å². The predicted octanol–water partition coefficient (Wildman–Crippen LogP) is 5.53. The van der Waals surface area contributed by atoms with Gasteiger partial charge in [-0.05, 0) is 69.5 Å². The van der Waals surface area contributed by atoms with E-state index in [2.05, 4.69) is 17.6 Å². The summed E-state index contributed by atoms with van der Waals surface area (Å²) in [4.78, 5) is 54.8. The van der Waals surface area contributed by atoms with Crippen molar-refractivity contribution in [3.05, 3.63) is 59.7 Å². The molecule has 2 aromatic carbocycles. The first-order valence-corrected chi connectivity index (χ1v) is 16.1. The summed E-state index contributed by atoms with van der Waals surface area (Å²) in [5.41, 5.74) is 0.306. The summed E-state index contributed by atoms with van der Waals surface area (Å²) in [5.74, 6) is -1.43. The number of carbonyl (C=O) groups excluding carboxylic acids is 4. The molecule has 4 N–H and O–H groups in total. The van der Waals surface area contributed by atoms with E-state index in [1.165, 1.54) is 29.2 Å². The van der Waals surface area contributed by atoms with Crippen LogP contribution >= 0.6 is 0 Å². The Morgan fingerprint density at radius 1 is 0.848 bits per heavy atom. The molecule has 0 saturated carbocycles. The quantitative estimate of drug-likeness (QED) is 0.122. The first kappa shape index (κ1) is 37.9. The lowest BCUT2D eigenvalue weighted by Gasteiger charge is -2.34. The van der Waals surface area contributed by atoms with Gasteiger partial charge in [0.1, 0.15) is 29.2 Å². The van der Waals surface area contributed by atoms with Gasteiger partial charge in [0.15, 0.2) is 0 Å². The normalized spacial score (nSPS) is 12.5. The summed E-state index contributed by atoms with van der Waals surface area (Å²) in [7, 11) is 0. The molecule has 2 atom stereocenters. The number of ether oxygens (including phenoxy) is 2. The van der Waals surface area contributed by atoms with E-state index in [-0.39, 0.29) is 44.0 Å². The Labute approximate surface area is 272 Å². The number of phenols is 2. The van der Waals surface area contributed by atoms with Crippen LogP contribution in [-0.2, 0) is 30.3 Å². The van der Waals surface area contributed by atoms with Crippen LogP contribution in [0.15, 0.2) is 48.5 Å². The fraction of sp³-hybridized carbons (Fsp3) is 0.543. The number of benzene rings is 2. The fourth-order valence-electron chi connectivity index (χ4n) is 4.89. The number of amides is 3. The zero-order valence-electron chi connectivity index (χ0n) is 27.8. The van der Waals surface area contributed by atoms with E-state index in [0.29, 0.717) is 17.5 Å². The number of esters is 1.